The molecule has 0 radical (unpaired) electrons. The van der Waals surface area contributed by atoms with Crippen LogP contribution in [0.3, 0.4) is 0 Å². The number of imide groups is 1. The minimum atomic E-state index is -1.05. The molecule has 0 saturated carbocycles. The number of nitrogens with two attached hydrogens (primary N) is 1. The zero-order chi connectivity index (χ0) is 18.4. The van der Waals surface area contributed by atoms with Crippen molar-refractivity contribution in [3.63, 3.8) is 0 Å². The van der Waals surface area contributed by atoms with Crippen LogP contribution in [0.2, 0.25) is 0 Å². The predicted octanol–water partition coefficient (Wildman–Crippen LogP) is 2.54. The van der Waals surface area contributed by atoms with E-state index in [4.69, 9.17) is 10.5 Å². The average molecular weight is 381 g/mol. The largest absolute Gasteiger partial charge is 0.452 e. The highest BCUT2D eigenvalue weighted by Crippen LogP contribution is 2.29. The Morgan fingerprint density at radius 2 is 2.04 bits per heavy atom. The van der Waals surface area contributed by atoms with Crippen molar-refractivity contribution < 1.29 is 19.1 Å². The zero-order valence-corrected chi connectivity index (χ0v) is 15.5. The van der Waals surface area contributed by atoms with Crippen molar-refractivity contribution in [2.45, 2.75) is 30.7 Å². The number of benzene rings is 1. The highest BCUT2D eigenvalue weighted by molar-refractivity contribution is 8.01. The molecule has 0 spiro atoms. The third-order valence-electron chi connectivity index (χ3n) is 3.17. The molecule has 1 atom stereocenters. The molecule has 0 unspecified atom stereocenters. The van der Waals surface area contributed by atoms with Gasteiger partial charge in [0, 0.05) is 5.75 Å². The van der Waals surface area contributed by atoms with E-state index in [0.717, 1.165) is 14.6 Å². The number of urea groups is 1. The first-order valence-corrected chi connectivity index (χ1v) is 9.45. The number of carbonyl (C=O) groups excluding carboxylic acids is 3. The molecule has 0 bridgehead atoms. The number of aromatic nitrogens is 1. The minimum Gasteiger partial charge on any atom is -0.452 e. The molecular formula is C16H19N3O4S2. The molecule has 1 aromatic heterocycles. The van der Waals surface area contributed by atoms with Crippen LogP contribution >= 0.6 is 23.1 Å². The number of rotatable bonds is 7. The van der Waals surface area contributed by atoms with Crippen LogP contribution in [0, 0.1) is 5.92 Å². The highest BCUT2D eigenvalue weighted by Gasteiger charge is 2.27. The Morgan fingerprint density at radius 1 is 1.32 bits per heavy atom. The van der Waals surface area contributed by atoms with Crippen molar-refractivity contribution in [3.05, 3.63) is 24.3 Å². The smallest absolute Gasteiger partial charge is 0.318 e. The fourth-order valence-electron chi connectivity index (χ4n) is 2.02. The molecule has 0 aliphatic carbocycles. The second-order valence-corrected chi connectivity index (χ2v) is 7.93. The summed E-state index contributed by atoms with van der Waals surface area (Å²) in [5.74, 6) is -1.01. The van der Waals surface area contributed by atoms with Gasteiger partial charge in [-0.25, -0.2) is 9.78 Å². The minimum absolute atomic E-state index is 0.133. The monoisotopic (exact) mass is 381 g/mol. The van der Waals surface area contributed by atoms with Gasteiger partial charge in [0.2, 0.25) is 0 Å². The molecule has 0 fully saturated rings. The number of hydrogen-bond donors (Lipinski definition) is 2. The second-order valence-electron chi connectivity index (χ2n) is 5.55. The Balaban J connectivity index is 1.84. The van der Waals surface area contributed by atoms with Crippen molar-refractivity contribution in [2.75, 3.05) is 5.75 Å². The van der Waals surface area contributed by atoms with Crippen LogP contribution < -0.4 is 11.1 Å². The Bertz CT molecular complexity index is 743. The van der Waals surface area contributed by atoms with E-state index in [1.54, 1.807) is 25.2 Å². The van der Waals surface area contributed by atoms with Gasteiger partial charge in [-0.1, -0.05) is 37.7 Å². The van der Waals surface area contributed by atoms with Gasteiger partial charge in [0.05, 0.1) is 16.6 Å². The molecule has 0 aliphatic heterocycles. The van der Waals surface area contributed by atoms with Crippen molar-refractivity contribution >= 4 is 51.2 Å². The molecule has 0 aliphatic rings. The lowest BCUT2D eigenvalue weighted by Crippen LogP contribution is -2.45. The van der Waals surface area contributed by atoms with Gasteiger partial charge in [-0.2, -0.15) is 0 Å². The van der Waals surface area contributed by atoms with E-state index in [1.165, 1.54) is 11.8 Å². The van der Waals surface area contributed by atoms with Gasteiger partial charge in [0.15, 0.2) is 10.4 Å². The Labute approximate surface area is 153 Å². The van der Waals surface area contributed by atoms with E-state index in [9.17, 15) is 14.4 Å². The molecule has 25 heavy (non-hydrogen) atoms. The number of fused-ring (bicyclic) bond motifs is 1. The van der Waals surface area contributed by atoms with Gasteiger partial charge in [0.25, 0.3) is 5.91 Å². The molecule has 7 nitrogen and oxygen atoms in total. The SMILES string of the molecule is CC(C)[C@@H](OC(=O)CCSc1nc2ccccc2s1)C(=O)NC(N)=O. The van der Waals surface area contributed by atoms with Crippen LogP contribution in [0.15, 0.2) is 28.6 Å². The number of hydrogen-bond acceptors (Lipinski definition) is 7. The third kappa shape index (κ3) is 5.71. The van der Waals surface area contributed by atoms with Crippen molar-refractivity contribution in [1.82, 2.24) is 10.3 Å². The van der Waals surface area contributed by atoms with Crippen molar-refractivity contribution in [1.29, 1.82) is 0 Å². The quantitative estimate of drug-likeness (QED) is 0.563. The van der Waals surface area contributed by atoms with Crippen LogP contribution in [-0.4, -0.2) is 34.7 Å². The summed E-state index contributed by atoms with van der Waals surface area (Å²) < 4.78 is 7.15. The van der Waals surface area contributed by atoms with Crippen LogP contribution in [0.1, 0.15) is 20.3 Å². The van der Waals surface area contributed by atoms with Crippen LogP contribution in [0.5, 0.6) is 0 Å². The van der Waals surface area contributed by atoms with Gasteiger partial charge in [-0.3, -0.25) is 14.9 Å². The fourth-order valence-corrected chi connectivity index (χ4v) is 4.08. The molecular weight excluding hydrogens is 362 g/mol. The summed E-state index contributed by atoms with van der Waals surface area (Å²) in [7, 11) is 0. The predicted molar refractivity (Wildman–Crippen MR) is 97.4 cm³/mol. The second kappa shape index (κ2) is 8.82. The maximum absolute atomic E-state index is 12.0. The van der Waals surface area contributed by atoms with Crippen LogP contribution in [0.25, 0.3) is 10.2 Å². The first-order chi connectivity index (χ1) is 11.9. The Hall–Kier alpha value is -2.13. The molecule has 2 rings (SSSR count). The number of amides is 3. The molecule has 9 heteroatoms. The average Bonchev–Trinajstić information content (AvgIpc) is 2.94. The van der Waals surface area contributed by atoms with E-state index in [2.05, 4.69) is 4.98 Å². The lowest BCUT2D eigenvalue weighted by molar-refractivity contribution is -0.157. The molecule has 2 aromatic rings. The molecule has 1 heterocycles. The molecule has 134 valence electrons. The number of thioether (sulfide) groups is 1. The normalized spacial score (nSPS) is 12.1. The Kier molecular flexibility index (Phi) is 6.77. The number of thiazole rings is 1. The van der Waals surface area contributed by atoms with E-state index < -0.39 is 24.0 Å². The fraction of sp³-hybridized carbons (Fsp3) is 0.375. The van der Waals surface area contributed by atoms with Crippen LogP contribution in [-0.2, 0) is 14.3 Å². The van der Waals surface area contributed by atoms with Gasteiger partial charge >= 0.3 is 12.0 Å². The van der Waals surface area contributed by atoms with Gasteiger partial charge in [-0.15, -0.1) is 11.3 Å². The van der Waals surface area contributed by atoms with Crippen molar-refractivity contribution in [2.24, 2.45) is 11.7 Å². The van der Waals surface area contributed by atoms with E-state index in [1.807, 2.05) is 29.6 Å². The molecule has 3 N–H and O–H groups in total. The standard InChI is InChI=1S/C16H19N3O4S2/c1-9(2)13(14(21)19-15(17)22)23-12(20)7-8-24-16-18-10-5-3-4-6-11(10)25-16/h3-6,9,13H,7-8H2,1-2H3,(H3,17,19,21,22)/t13-/m1/s1. The van der Waals surface area contributed by atoms with Crippen LogP contribution in [0.4, 0.5) is 4.79 Å². The summed E-state index contributed by atoms with van der Waals surface area (Å²) in [5, 5.41) is 1.94. The van der Waals surface area contributed by atoms with E-state index in [-0.39, 0.29) is 12.3 Å². The van der Waals surface area contributed by atoms with Crippen molar-refractivity contribution in [3.8, 4) is 0 Å². The maximum Gasteiger partial charge on any atom is 0.318 e. The number of esters is 1. The van der Waals surface area contributed by atoms with E-state index in [0.29, 0.717) is 5.75 Å². The summed E-state index contributed by atoms with van der Waals surface area (Å²) in [4.78, 5) is 39.0. The number of primary amides is 1. The van der Waals surface area contributed by atoms with Gasteiger partial charge in [0.1, 0.15) is 0 Å². The summed E-state index contributed by atoms with van der Waals surface area (Å²) in [6.45, 7) is 3.43. The summed E-state index contributed by atoms with van der Waals surface area (Å²) in [6.07, 6.45) is -0.916. The first kappa shape index (κ1) is 19.2. The van der Waals surface area contributed by atoms with E-state index >= 15 is 0 Å². The molecule has 0 saturated heterocycles. The lowest BCUT2D eigenvalue weighted by Gasteiger charge is -2.19. The molecule has 3 amide bonds. The summed E-state index contributed by atoms with van der Waals surface area (Å²) >= 11 is 3.02. The number of para-hydroxylation sites is 1. The Morgan fingerprint density at radius 3 is 2.68 bits per heavy atom. The van der Waals surface area contributed by atoms with Gasteiger partial charge < -0.3 is 10.5 Å². The lowest BCUT2D eigenvalue weighted by atomic mass is 10.1. The zero-order valence-electron chi connectivity index (χ0n) is 13.9. The highest BCUT2D eigenvalue weighted by atomic mass is 32.2. The summed E-state index contributed by atoms with van der Waals surface area (Å²) in [5.41, 5.74) is 5.85. The molecule has 1 aromatic carbocycles. The number of ether oxygens (including phenoxy) is 1. The third-order valence-corrected chi connectivity index (χ3v) is 5.36. The number of nitrogens with one attached hydrogen (secondary N) is 1. The summed E-state index contributed by atoms with van der Waals surface area (Å²) in [6, 6.07) is 6.84. The number of nitrogens with zero attached hydrogens (tertiary/aromatic N) is 1. The van der Waals surface area contributed by atoms with Gasteiger partial charge in [-0.05, 0) is 18.1 Å². The topological polar surface area (TPSA) is 111 Å². The first-order valence-electron chi connectivity index (χ1n) is 7.65. The maximum atomic E-state index is 12.0. The number of carbonyl (C=O) groups is 3.